The largest absolute Gasteiger partial charge is 0.491 e. The van der Waals surface area contributed by atoms with Crippen molar-refractivity contribution in [2.45, 2.75) is 90.1 Å². The van der Waals surface area contributed by atoms with Crippen LogP contribution >= 0.6 is 0 Å². The second-order valence-corrected chi connectivity index (χ2v) is 10.4. The van der Waals surface area contributed by atoms with E-state index in [1.54, 1.807) is 0 Å². The summed E-state index contributed by atoms with van der Waals surface area (Å²) in [6.07, 6.45) is 7.75. The Morgan fingerprint density at radius 2 is 2.00 bits per heavy atom. The second-order valence-electron chi connectivity index (χ2n) is 10.4. The average molecular weight is 467 g/mol. The van der Waals surface area contributed by atoms with Gasteiger partial charge in [-0.05, 0) is 95.2 Å². The summed E-state index contributed by atoms with van der Waals surface area (Å²) in [5, 5.41) is 0. The summed E-state index contributed by atoms with van der Waals surface area (Å²) in [5.74, 6) is 1.16. The Bertz CT molecular complexity index is 968. The van der Waals surface area contributed by atoms with E-state index in [4.69, 9.17) is 14.2 Å². The maximum absolute atomic E-state index is 13.2. The molecule has 184 valence electrons. The normalized spacial score (nSPS) is 25.2. The predicted octanol–water partition coefficient (Wildman–Crippen LogP) is 5.50. The molecule has 1 saturated carbocycles. The molecule has 4 rings (SSSR count). The van der Waals surface area contributed by atoms with Crippen molar-refractivity contribution in [2.75, 3.05) is 13.3 Å². The molecule has 1 saturated heterocycles. The van der Waals surface area contributed by atoms with E-state index in [9.17, 15) is 4.79 Å². The number of carbonyl (C=O) groups excluding carboxylic acids is 1. The molecule has 34 heavy (non-hydrogen) atoms. The molecule has 6 nitrogen and oxygen atoms in total. The number of benzene rings is 1. The van der Waals surface area contributed by atoms with E-state index in [0.29, 0.717) is 24.8 Å². The zero-order chi connectivity index (χ0) is 24.3. The van der Waals surface area contributed by atoms with Crippen LogP contribution < -0.4 is 4.74 Å². The smallest absolute Gasteiger partial charge is 0.255 e. The van der Waals surface area contributed by atoms with Crippen LogP contribution in [-0.2, 0) is 9.47 Å². The van der Waals surface area contributed by atoms with Crippen molar-refractivity contribution in [2.24, 2.45) is 0 Å². The lowest BCUT2D eigenvalue weighted by Crippen LogP contribution is -2.53. The Morgan fingerprint density at radius 1 is 1.18 bits per heavy atom. The molecule has 1 aliphatic heterocycles. The van der Waals surface area contributed by atoms with Crippen LogP contribution in [0, 0.1) is 6.92 Å². The number of aryl methyl sites for hydroxylation is 1. The molecule has 1 aromatic carbocycles. The first-order valence-electron chi connectivity index (χ1n) is 12.5. The summed E-state index contributed by atoms with van der Waals surface area (Å²) < 4.78 is 18.6. The monoisotopic (exact) mass is 466 g/mol. The average Bonchev–Trinajstić information content (AvgIpc) is 2.80. The molecule has 1 aromatic heterocycles. The highest BCUT2D eigenvalue weighted by Gasteiger charge is 2.45. The Labute approximate surface area is 203 Å². The number of hydrogen-bond acceptors (Lipinski definition) is 5. The van der Waals surface area contributed by atoms with Gasteiger partial charge in [-0.1, -0.05) is 6.07 Å². The summed E-state index contributed by atoms with van der Waals surface area (Å²) in [4.78, 5) is 19.4. The zero-order valence-corrected chi connectivity index (χ0v) is 21.1. The summed E-state index contributed by atoms with van der Waals surface area (Å²) in [6, 6.07) is 9.80. The lowest BCUT2D eigenvalue weighted by Gasteiger charge is -2.48. The fourth-order valence-electron chi connectivity index (χ4n) is 5.31. The van der Waals surface area contributed by atoms with Crippen LogP contribution in [0.5, 0.6) is 5.75 Å². The van der Waals surface area contributed by atoms with Crippen molar-refractivity contribution in [1.82, 2.24) is 9.88 Å². The van der Waals surface area contributed by atoms with E-state index in [-0.39, 0.29) is 29.8 Å². The number of hydrogen-bond donors (Lipinski definition) is 0. The zero-order valence-electron chi connectivity index (χ0n) is 21.1. The summed E-state index contributed by atoms with van der Waals surface area (Å²) >= 11 is 0. The van der Waals surface area contributed by atoms with Gasteiger partial charge in [0, 0.05) is 30.9 Å². The Kier molecular flexibility index (Phi) is 7.58. The van der Waals surface area contributed by atoms with Gasteiger partial charge in [-0.25, -0.2) is 0 Å². The Hall–Kier alpha value is -2.44. The first-order valence-corrected chi connectivity index (χ1v) is 12.5. The molecular formula is C28H38N2O4. The second kappa shape index (κ2) is 10.4. The highest BCUT2D eigenvalue weighted by Crippen LogP contribution is 2.45. The van der Waals surface area contributed by atoms with Gasteiger partial charge in [0.2, 0.25) is 0 Å². The van der Waals surface area contributed by atoms with E-state index in [2.05, 4.69) is 24.9 Å². The van der Waals surface area contributed by atoms with Gasteiger partial charge in [-0.3, -0.25) is 9.78 Å². The molecule has 2 aromatic rings. The SMILES string of the molecule is Cc1cc(C(=O)N2CC[C@]3(CC(c4cccnc4)C[C@H](OC(C)C)C3)OC2)ccc1OC(C)C. The fourth-order valence-corrected chi connectivity index (χ4v) is 5.31. The molecule has 2 heterocycles. The first kappa shape index (κ1) is 24.7. The van der Waals surface area contributed by atoms with Gasteiger partial charge < -0.3 is 19.1 Å². The van der Waals surface area contributed by atoms with Crippen LogP contribution in [0.2, 0.25) is 0 Å². The molecule has 6 heteroatoms. The summed E-state index contributed by atoms with van der Waals surface area (Å²) in [6.45, 7) is 11.1. The highest BCUT2D eigenvalue weighted by atomic mass is 16.5. The van der Waals surface area contributed by atoms with Crippen LogP contribution in [0.15, 0.2) is 42.7 Å². The highest BCUT2D eigenvalue weighted by molar-refractivity contribution is 5.94. The summed E-state index contributed by atoms with van der Waals surface area (Å²) in [5.41, 5.74) is 2.60. The van der Waals surface area contributed by atoms with Gasteiger partial charge in [-0.2, -0.15) is 0 Å². The minimum absolute atomic E-state index is 0.00338. The van der Waals surface area contributed by atoms with Crippen LogP contribution in [0.4, 0.5) is 0 Å². The molecular weight excluding hydrogens is 428 g/mol. The van der Waals surface area contributed by atoms with Gasteiger partial charge in [0.15, 0.2) is 0 Å². The van der Waals surface area contributed by atoms with E-state index >= 15 is 0 Å². The molecule has 1 amide bonds. The van der Waals surface area contributed by atoms with E-state index in [1.165, 1.54) is 5.56 Å². The molecule has 0 N–H and O–H groups in total. The van der Waals surface area contributed by atoms with Crippen molar-refractivity contribution in [3.8, 4) is 5.75 Å². The third-order valence-corrected chi connectivity index (χ3v) is 6.82. The molecule has 1 unspecified atom stereocenters. The van der Waals surface area contributed by atoms with Gasteiger partial charge in [0.25, 0.3) is 5.91 Å². The number of aromatic nitrogens is 1. The van der Waals surface area contributed by atoms with Gasteiger partial charge in [-0.15, -0.1) is 0 Å². The van der Waals surface area contributed by atoms with Crippen LogP contribution in [-0.4, -0.2) is 53.0 Å². The standard InChI is InChI=1S/C28H38N2O4/c1-19(2)33-25-14-24(23-7-6-11-29-17-23)15-28(16-25)10-12-30(18-32-28)27(31)22-8-9-26(21(5)13-22)34-20(3)4/h6-9,11,13,17,19-20,24-25H,10,12,14-16,18H2,1-5H3/t24?,25-,28+/m0/s1. The maximum Gasteiger partial charge on any atom is 0.255 e. The van der Waals surface area contributed by atoms with E-state index in [0.717, 1.165) is 37.0 Å². The minimum Gasteiger partial charge on any atom is -0.491 e. The van der Waals surface area contributed by atoms with Gasteiger partial charge in [0.05, 0.1) is 23.9 Å². The molecule has 3 atom stereocenters. The van der Waals surface area contributed by atoms with Crippen molar-refractivity contribution >= 4 is 5.91 Å². The number of rotatable bonds is 6. The van der Waals surface area contributed by atoms with Crippen LogP contribution in [0.1, 0.15) is 80.8 Å². The maximum atomic E-state index is 13.2. The molecule has 2 aliphatic rings. The number of amides is 1. The Balaban J connectivity index is 1.45. The van der Waals surface area contributed by atoms with Gasteiger partial charge >= 0.3 is 0 Å². The molecule has 1 spiro atoms. The number of nitrogens with zero attached hydrogens (tertiary/aromatic N) is 2. The van der Waals surface area contributed by atoms with E-state index in [1.807, 2.05) is 62.3 Å². The minimum atomic E-state index is -0.278. The molecule has 0 bridgehead atoms. The number of pyridine rings is 1. The van der Waals surface area contributed by atoms with Crippen molar-refractivity contribution in [3.05, 3.63) is 59.4 Å². The van der Waals surface area contributed by atoms with Crippen molar-refractivity contribution in [3.63, 3.8) is 0 Å². The topological polar surface area (TPSA) is 60.9 Å². The fraction of sp³-hybridized carbons (Fsp3) is 0.571. The molecule has 1 aliphatic carbocycles. The number of carbonyl (C=O) groups is 1. The summed E-state index contributed by atoms with van der Waals surface area (Å²) in [7, 11) is 0. The lowest BCUT2D eigenvalue weighted by molar-refractivity contribution is -0.173. The Morgan fingerprint density at radius 3 is 2.62 bits per heavy atom. The predicted molar refractivity (Wildman–Crippen MR) is 132 cm³/mol. The lowest BCUT2D eigenvalue weighted by atomic mass is 9.72. The molecule has 0 radical (unpaired) electrons. The number of ether oxygens (including phenoxy) is 3. The van der Waals surface area contributed by atoms with Crippen molar-refractivity contribution in [1.29, 1.82) is 0 Å². The van der Waals surface area contributed by atoms with Crippen molar-refractivity contribution < 1.29 is 19.0 Å². The van der Waals surface area contributed by atoms with Gasteiger partial charge in [0.1, 0.15) is 12.5 Å². The van der Waals surface area contributed by atoms with Crippen LogP contribution in [0.3, 0.4) is 0 Å². The first-order chi connectivity index (χ1) is 16.2. The third-order valence-electron chi connectivity index (χ3n) is 6.82. The van der Waals surface area contributed by atoms with Crippen LogP contribution in [0.25, 0.3) is 0 Å². The van der Waals surface area contributed by atoms with E-state index < -0.39 is 0 Å². The quantitative estimate of drug-likeness (QED) is 0.563. The molecule has 2 fully saturated rings. The third kappa shape index (κ3) is 5.78.